The molecule has 1 aromatic carbocycles. The van der Waals surface area contributed by atoms with Gasteiger partial charge in [-0.2, -0.15) is 0 Å². The third-order valence-electron chi connectivity index (χ3n) is 3.87. The average molecular weight is 262 g/mol. The van der Waals surface area contributed by atoms with Crippen LogP contribution in [0.15, 0.2) is 24.3 Å². The Hall–Kier alpha value is -0.835. The summed E-state index contributed by atoms with van der Waals surface area (Å²) in [7, 11) is -1.41. The molecule has 0 heterocycles. The Kier molecular flexibility index (Phi) is 5.02. The van der Waals surface area contributed by atoms with E-state index in [1.165, 1.54) is 6.42 Å². The lowest BCUT2D eigenvalue weighted by atomic mass is 9.79. The van der Waals surface area contributed by atoms with Gasteiger partial charge in [0.2, 0.25) is 0 Å². The van der Waals surface area contributed by atoms with Crippen LogP contribution in [-0.4, -0.2) is 23.3 Å². The van der Waals surface area contributed by atoms with Gasteiger partial charge in [0.05, 0.1) is 12.7 Å². The first-order chi connectivity index (χ1) is 9.04. The van der Waals surface area contributed by atoms with Crippen molar-refractivity contribution in [1.82, 2.24) is 0 Å². The van der Waals surface area contributed by atoms with Gasteiger partial charge in [-0.15, -0.1) is 0 Å². The Bertz CT molecular complexity index is 398. The summed E-state index contributed by atoms with van der Waals surface area (Å²) in [6, 6.07) is 7.29. The predicted octanol–water partition coefficient (Wildman–Crippen LogP) is 1.71. The van der Waals surface area contributed by atoms with E-state index in [1.54, 1.807) is 12.1 Å². The monoisotopic (exact) mass is 262 g/mol. The molecule has 2 rings (SSSR count). The van der Waals surface area contributed by atoms with Crippen molar-refractivity contribution in [3.8, 4) is 0 Å². The predicted molar refractivity (Wildman–Crippen MR) is 77.0 cm³/mol. The Morgan fingerprint density at radius 1 is 1.16 bits per heavy atom. The summed E-state index contributed by atoms with van der Waals surface area (Å²) in [5, 5.41) is 18.3. The van der Waals surface area contributed by atoms with Gasteiger partial charge in [-0.1, -0.05) is 38.1 Å². The van der Waals surface area contributed by atoms with Crippen molar-refractivity contribution in [1.29, 1.82) is 0 Å². The van der Waals surface area contributed by atoms with Crippen LogP contribution in [0.1, 0.15) is 38.7 Å². The second kappa shape index (κ2) is 6.55. The molecule has 104 valence electrons. The van der Waals surface area contributed by atoms with Crippen molar-refractivity contribution in [2.24, 2.45) is 11.8 Å². The largest absolute Gasteiger partial charge is 0.488 e. The van der Waals surface area contributed by atoms with E-state index < -0.39 is 7.12 Å². The Balaban J connectivity index is 1.89. The van der Waals surface area contributed by atoms with E-state index in [0.29, 0.717) is 18.2 Å². The molecule has 2 N–H and O–H groups in total. The highest BCUT2D eigenvalue weighted by Crippen LogP contribution is 2.30. The minimum atomic E-state index is -1.41. The number of hydrogen-bond acceptors (Lipinski definition) is 3. The highest BCUT2D eigenvalue weighted by molar-refractivity contribution is 6.58. The molecule has 0 spiro atoms. The van der Waals surface area contributed by atoms with E-state index >= 15 is 0 Å². The lowest BCUT2D eigenvalue weighted by Crippen LogP contribution is -2.30. The normalized spacial score (nSPS) is 27.3. The number of ether oxygens (including phenoxy) is 1. The minimum absolute atomic E-state index is 0.335. The number of rotatable bonds is 4. The first-order valence-corrected chi connectivity index (χ1v) is 7.11. The summed E-state index contributed by atoms with van der Waals surface area (Å²) in [4.78, 5) is 0. The average Bonchev–Trinajstić information content (AvgIpc) is 2.35. The van der Waals surface area contributed by atoms with E-state index in [4.69, 9.17) is 14.8 Å². The molecule has 1 fully saturated rings. The summed E-state index contributed by atoms with van der Waals surface area (Å²) in [5.41, 5.74) is 1.52. The third kappa shape index (κ3) is 4.34. The van der Waals surface area contributed by atoms with Crippen molar-refractivity contribution >= 4 is 12.6 Å². The van der Waals surface area contributed by atoms with E-state index in [2.05, 4.69) is 13.8 Å². The van der Waals surface area contributed by atoms with Crippen LogP contribution < -0.4 is 5.46 Å². The van der Waals surface area contributed by atoms with Crippen LogP contribution in [0.4, 0.5) is 0 Å². The van der Waals surface area contributed by atoms with E-state index in [9.17, 15) is 0 Å². The molecule has 1 saturated carbocycles. The van der Waals surface area contributed by atoms with E-state index in [1.807, 2.05) is 12.1 Å². The molecule has 0 aromatic heterocycles. The number of hydrogen-bond donors (Lipinski definition) is 2. The van der Waals surface area contributed by atoms with Crippen LogP contribution in [0.2, 0.25) is 0 Å². The summed E-state index contributed by atoms with van der Waals surface area (Å²) >= 11 is 0. The second-order valence-electron chi connectivity index (χ2n) is 5.97. The molecule has 3 nitrogen and oxygen atoms in total. The zero-order valence-electron chi connectivity index (χ0n) is 11.7. The minimum Gasteiger partial charge on any atom is -0.423 e. The van der Waals surface area contributed by atoms with Gasteiger partial charge in [0.1, 0.15) is 0 Å². The van der Waals surface area contributed by atoms with Gasteiger partial charge >= 0.3 is 7.12 Å². The molecule has 0 bridgehead atoms. The van der Waals surface area contributed by atoms with Crippen LogP contribution in [0.25, 0.3) is 0 Å². The highest BCUT2D eigenvalue weighted by atomic mass is 16.5. The van der Waals surface area contributed by atoms with Crippen LogP contribution >= 0.6 is 0 Å². The molecule has 1 aliphatic carbocycles. The summed E-state index contributed by atoms with van der Waals surface area (Å²) < 4.78 is 5.98. The molecular formula is C15H23BO3. The summed E-state index contributed by atoms with van der Waals surface area (Å²) in [6.45, 7) is 5.12. The third-order valence-corrected chi connectivity index (χ3v) is 3.87. The van der Waals surface area contributed by atoms with Crippen LogP contribution in [0.5, 0.6) is 0 Å². The lowest BCUT2D eigenvalue weighted by molar-refractivity contribution is -0.00913. The van der Waals surface area contributed by atoms with Crippen molar-refractivity contribution in [2.45, 2.75) is 45.8 Å². The first-order valence-electron chi connectivity index (χ1n) is 7.11. The molecule has 1 aliphatic rings. The van der Waals surface area contributed by atoms with Gasteiger partial charge in [-0.3, -0.25) is 0 Å². The van der Waals surface area contributed by atoms with E-state index in [-0.39, 0.29) is 0 Å². The van der Waals surface area contributed by atoms with Crippen molar-refractivity contribution < 1.29 is 14.8 Å². The topological polar surface area (TPSA) is 49.7 Å². The Morgan fingerprint density at radius 3 is 2.47 bits per heavy atom. The molecule has 1 aromatic rings. The van der Waals surface area contributed by atoms with Crippen molar-refractivity contribution in [3.63, 3.8) is 0 Å². The zero-order chi connectivity index (χ0) is 13.8. The fourth-order valence-electron chi connectivity index (χ4n) is 3.07. The quantitative estimate of drug-likeness (QED) is 0.812. The maximum Gasteiger partial charge on any atom is 0.488 e. The fourth-order valence-corrected chi connectivity index (χ4v) is 3.07. The van der Waals surface area contributed by atoms with E-state index in [0.717, 1.165) is 30.2 Å². The molecule has 19 heavy (non-hydrogen) atoms. The zero-order valence-corrected chi connectivity index (χ0v) is 11.7. The van der Waals surface area contributed by atoms with Gasteiger partial charge < -0.3 is 14.8 Å². The lowest BCUT2D eigenvalue weighted by Gasteiger charge is -2.31. The molecule has 0 aliphatic heterocycles. The molecule has 0 radical (unpaired) electrons. The van der Waals surface area contributed by atoms with Gasteiger partial charge in [0.15, 0.2) is 0 Å². The Morgan fingerprint density at radius 2 is 1.84 bits per heavy atom. The standard InChI is InChI=1S/C15H23BO3/c1-11-6-12(2)8-15(7-11)19-10-13-4-3-5-14(9-13)16(17)18/h3-5,9,11-12,15,17-18H,6-8,10H2,1-2H3. The molecule has 2 unspecified atom stereocenters. The van der Waals surface area contributed by atoms with Gasteiger partial charge in [0.25, 0.3) is 0 Å². The van der Waals surface area contributed by atoms with Crippen LogP contribution in [-0.2, 0) is 11.3 Å². The van der Waals surface area contributed by atoms with Gasteiger partial charge in [0, 0.05) is 0 Å². The maximum absolute atomic E-state index is 9.15. The Labute approximate surface area is 115 Å². The fraction of sp³-hybridized carbons (Fsp3) is 0.600. The second-order valence-corrected chi connectivity index (χ2v) is 5.97. The SMILES string of the molecule is CC1CC(C)CC(OCc2cccc(B(O)O)c2)C1. The molecule has 0 saturated heterocycles. The smallest absolute Gasteiger partial charge is 0.423 e. The maximum atomic E-state index is 9.15. The molecule has 0 amide bonds. The summed E-state index contributed by atoms with van der Waals surface area (Å²) in [6.07, 6.45) is 3.90. The van der Waals surface area contributed by atoms with Crippen molar-refractivity contribution in [3.05, 3.63) is 29.8 Å². The van der Waals surface area contributed by atoms with Gasteiger partial charge in [-0.25, -0.2) is 0 Å². The summed E-state index contributed by atoms with van der Waals surface area (Å²) in [5.74, 6) is 1.47. The highest BCUT2D eigenvalue weighted by Gasteiger charge is 2.24. The van der Waals surface area contributed by atoms with Crippen LogP contribution in [0, 0.1) is 11.8 Å². The molecular weight excluding hydrogens is 239 g/mol. The molecule has 4 heteroatoms. The van der Waals surface area contributed by atoms with Crippen molar-refractivity contribution in [2.75, 3.05) is 0 Å². The molecule has 2 atom stereocenters. The van der Waals surface area contributed by atoms with Crippen LogP contribution in [0.3, 0.4) is 0 Å². The number of benzene rings is 1. The first kappa shape index (κ1) is 14.6. The van der Waals surface area contributed by atoms with Gasteiger partial charge in [-0.05, 0) is 42.1 Å².